The third-order valence-electron chi connectivity index (χ3n) is 5.58. The van der Waals surface area contributed by atoms with Crippen molar-refractivity contribution in [2.24, 2.45) is 0 Å². The maximum Gasteiger partial charge on any atom is 0.180 e. The van der Waals surface area contributed by atoms with Crippen LogP contribution in [-0.2, 0) is 6.54 Å². The van der Waals surface area contributed by atoms with Gasteiger partial charge in [-0.25, -0.2) is 9.97 Å². The van der Waals surface area contributed by atoms with Gasteiger partial charge >= 0.3 is 0 Å². The van der Waals surface area contributed by atoms with Crippen molar-refractivity contribution in [3.05, 3.63) is 90.3 Å². The van der Waals surface area contributed by atoms with E-state index in [9.17, 15) is 0 Å². The molecule has 4 aromatic heterocycles. The van der Waals surface area contributed by atoms with Crippen LogP contribution in [0.4, 0.5) is 5.82 Å². The lowest BCUT2D eigenvalue weighted by Gasteiger charge is -2.11. The molecular formula is C26H24N6O. The molecular weight excluding hydrogens is 412 g/mol. The molecule has 0 aliphatic rings. The number of aromatic nitrogens is 5. The molecule has 0 radical (unpaired) electrons. The Labute approximate surface area is 192 Å². The van der Waals surface area contributed by atoms with E-state index >= 15 is 0 Å². The summed E-state index contributed by atoms with van der Waals surface area (Å²) in [4.78, 5) is 18.1. The molecule has 5 aromatic rings. The molecule has 0 saturated heterocycles. The van der Waals surface area contributed by atoms with Crippen LogP contribution < -0.4 is 10.1 Å². The number of nitrogens with one attached hydrogen (secondary N) is 1. The van der Waals surface area contributed by atoms with E-state index in [0.717, 1.165) is 56.6 Å². The van der Waals surface area contributed by atoms with Crippen LogP contribution in [0.25, 0.3) is 28.2 Å². The summed E-state index contributed by atoms with van der Waals surface area (Å²) in [6.45, 7) is 4.66. The van der Waals surface area contributed by atoms with E-state index in [0.29, 0.717) is 6.54 Å². The first-order valence-electron chi connectivity index (χ1n) is 10.7. The van der Waals surface area contributed by atoms with Gasteiger partial charge in [-0.3, -0.25) is 14.4 Å². The smallest absolute Gasteiger partial charge is 0.180 e. The van der Waals surface area contributed by atoms with Gasteiger partial charge in [0.05, 0.1) is 24.7 Å². The van der Waals surface area contributed by atoms with Gasteiger partial charge in [0.2, 0.25) is 0 Å². The highest BCUT2D eigenvalue weighted by Gasteiger charge is 2.11. The summed E-state index contributed by atoms with van der Waals surface area (Å²) in [6.07, 6.45) is 9.28. The van der Waals surface area contributed by atoms with Crippen molar-refractivity contribution in [1.29, 1.82) is 0 Å². The Bertz CT molecular complexity index is 1420. The first-order valence-corrected chi connectivity index (χ1v) is 10.7. The second-order valence-corrected chi connectivity index (χ2v) is 7.89. The molecule has 5 rings (SSSR count). The number of hydrogen-bond acceptors (Lipinski definition) is 6. The molecule has 0 unspecified atom stereocenters. The Morgan fingerprint density at radius 3 is 2.48 bits per heavy atom. The van der Waals surface area contributed by atoms with Gasteiger partial charge in [-0.1, -0.05) is 6.07 Å². The average Bonchev–Trinajstić information content (AvgIpc) is 3.28. The Kier molecular flexibility index (Phi) is 5.44. The van der Waals surface area contributed by atoms with Gasteiger partial charge in [0.1, 0.15) is 5.75 Å². The highest BCUT2D eigenvalue weighted by Crippen LogP contribution is 2.26. The molecule has 1 aromatic carbocycles. The highest BCUT2D eigenvalue weighted by atomic mass is 16.5. The number of anilines is 1. The fraction of sp³-hybridized carbons (Fsp3) is 0.154. The van der Waals surface area contributed by atoms with Crippen LogP contribution in [0.2, 0.25) is 0 Å². The van der Waals surface area contributed by atoms with E-state index in [2.05, 4.69) is 39.3 Å². The summed E-state index contributed by atoms with van der Waals surface area (Å²) in [5.74, 6) is 1.55. The van der Waals surface area contributed by atoms with E-state index in [1.54, 1.807) is 13.3 Å². The van der Waals surface area contributed by atoms with E-state index < -0.39 is 0 Å². The number of fused-ring (bicyclic) bond motifs is 1. The Morgan fingerprint density at radius 2 is 1.73 bits per heavy atom. The van der Waals surface area contributed by atoms with Crippen LogP contribution in [0.3, 0.4) is 0 Å². The number of benzene rings is 1. The van der Waals surface area contributed by atoms with Gasteiger partial charge in [-0.2, -0.15) is 0 Å². The summed E-state index contributed by atoms with van der Waals surface area (Å²) >= 11 is 0. The molecule has 0 spiro atoms. The molecule has 0 bridgehead atoms. The SMILES string of the molecule is COc1ccc(-c2cnc3c(NCc4cnc(-c5ccnc(C)c5)c(C)c4)nccn23)cc1. The van der Waals surface area contributed by atoms with Crippen LogP contribution in [0.1, 0.15) is 16.8 Å². The second-order valence-electron chi connectivity index (χ2n) is 7.89. The molecule has 0 aliphatic carbocycles. The zero-order valence-corrected chi connectivity index (χ0v) is 18.8. The molecule has 1 N–H and O–H groups in total. The average molecular weight is 437 g/mol. The molecule has 4 heterocycles. The van der Waals surface area contributed by atoms with Crippen LogP contribution in [0, 0.1) is 13.8 Å². The fourth-order valence-electron chi connectivity index (χ4n) is 3.93. The monoisotopic (exact) mass is 436 g/mol. The number of aryl methyl sites for hydroxylation is 2. The topological polar surface area (TPSA) is 77.2 Å². The first-order chi connectivity index (χ1) is 16.1. The van der Waals surface area contributed by atoms with Crippen LogP contribution in [0.5, 0.6) is 5.75 Å². The van der Waals surface area contributed by atoms with Crippen molar-refractivity contribution in [2.45, 2.75) is 20.4 Å². The molecule has 0 aliphatic heterocycles. The molecule has 7 heteroatoms. The third-order valence-corrected chi connectivity index (χ3v) is 5.58. The number of imidazole rings is 1. The molecule has 164 valence electrons. The van der Waals surface area contributed by atoms with Crippen molar-refractivity contribution in [3.8, 4) is 28.3 Å². The van der Waals surface area contributed by atoms with Gasteiger partial charge in [-0.15, -0.1) is 0 Å². The number of pyridine rings is 2. The van der Waals surface area contributed by atoms with Gasteiger partial charge < -0.3 is 10.1 Å². The summed E-state index contributed by atoms with van der Waals surface area (Å²) in [7, 11) is 1.66. The van der Waals surface area contributed by atoms with Gasteiger partial charge in [0.25, 0.3) is 0 Å². The number of methoxy groups -OCH3 is 1. The molecule has 0 saturated carbocycles. The minimum Gasteiger partial charge on any atom is -0.497 e. The lowest BCUT2D eigenvalue weighted by atomic mass is 10.1. The summed E-state index contributed by atoms with van der Waals surface area (Å²) in [5.41, 5.74) is 8.05. The van der Waals surface area contributed by atoms with Gasteiger partial charge in [-0.05, 0) is 61.4 Å². The van der Waals surface area contributed by atoms with Crippen molar-refractivity contribution in [1.82, 2.24) is 24.3 Å². The zero-order valence-electron chi connectivity index (χ0n) is 18.8. The van der Waals surface area contributed by atoms with E-state index in [1.165, 1.54) is 0 Å². The standard InChI is InChI=1S/C26H24N6O/c1-17-12-19(14-29-24(17)21-8-9-27-18(2)13-21)15-30-25-26-31-16-23(32(26)11-10-28-25)20-4-6-22(33-3)7-5-20/h4-14,16H,15H2,1-3H3,(H,28,30). The normalized spacial score (nSPS) is 11.0. The molecule has 7 nitrogen and oxygen atoms in total. The van der Waals surface area contributed by atoms with E-state index in [4.69, 9.17) is 9.72 Å². The summed E-state index contributed by atoms with van der Waals surface area (Å²) < 4.78 is 7.30. The third kappa shape index (κ3) is 4.13. The Hall–Kier alpha value is -4.26. The number of hydrogen-bond donors (Lipinski definition) is 1. The van der Waals surface area contributed by atoms with Crippen molar-refractivity contribution < 1.29 is 4.74 Å². The molecule has 0 amide bonds. The van der Waals surface area contributed by atoms with E-state index in [-0.39, 0.29) is 0 Å². The van der Waals surface area contributed by atoms with E-state index in [1.807, 2.05) is 66.4 Å². The Balaban J connectivity index is 1.38. The molecule has 0 fully saturated rings. The van der Waals surface area contributed by atoms with Crippen molar-refractivity contribution >= 4 is 11.5 Å². The summed E-state index contributed by atoms with van der Waals surface area (Å²) in [5, 5.41) is 3.42. The number of nitrogens with zero attached hydrogens (tertiary/aromatic N) is 5. The minimum atomic E-state index is 0.598. The number of ether oxygens (including phenoxy) is 1. The highest BCUT2D eigenvalue weighted by molar-refractivity contribution is 5.71. The van der Waals surface area contributed by atoms with Crippen LogP contribution >= 0.6 is 0 Å². The predicted octanol–water partition coefficient (Wildman–Crippen LogP) is 5.09. The van der Waals surface area contributed by atoms with Crippen LogP contribution in [0.15, 0.2) is 73.4 Å². The number of rotatable bonds is 6. The molecule has 0 atom stereocenters. The molecule has 33 heavy (non-hydrogen) atoms. The largest absolute Gasteiger partial charge is 0.497 e. The lowest BCUT2D eigenvalue weighted by molar-refractivity contribution is 0.415. The lowest BCUT2D eigenvalue weighted by Crippen LogP contribution is -2.05. The first kappa shape index (κ1) is 20.6. The quantitative estimate of drug-likeness (QED) is 0.399. The zero-order chi connectivity index (χ0) is 22.8. The predicted molar refractivity (Wildman–Crippen MR) is 129 cm³/mol. The van der Waals surface area contributed by atoms with Gasteiger partial charge in [0.15, 0.2) is 11.5 Å². The van der Waals surface area contributed by atoms with Crippen molar-refractivity contribution in [2.75, 3.05) is 12.4 Å². The minimum absolute atomic E-state index is 0.598. The van der Waals surface area contributed by atoms with Crippen molar-refractivity contribution in [3.63, 3.8) is 0 Å². The summed E-state index contributed by atoms with van der Waals surface area (Å²) in [6, 6.07) is 14.1. The Morgan fingerprint density at radius 1 is 0.879 bits per heavy atom. The van der Waals surface area contributed by atoms with Gasteiger partial charge in [0, 0.05) is 48.2 Å². The second kappa shape index (κ2) is 8.70. The fourth-order valence-corrected chi connectivity index (χ4v) is 3.93. The van der Waals surface area contributed by atoms with Crippen LogP contribution in [-0.4, -0.2) is 31.4 Å². The maximum absolute atomic E-state index is 5.26. The maximum atomic E-state index is 5.26.